The van der Waals surface area contributed by atoms with Gasteiger partial charge in [0.2, 0.25) is 0 Å². The highest BCUT2D eigenvalue weighted by Crippen LogP contribution is 2.28. The minimum absolute atomic E-state index is 0.0497. The van der Waals surface area contributed by atoms with Crippen LogP contribution in [0.2, 0.25) is 0 Å². The maximum Gasteiger partial charge on any atom is 0.337 e. The summed E-state index contributed by atoms with van der Waals surface area (Å²) in [5.74, 6) is 1.37. The molecule has 2 rings (SSSR count). The van der Waals surface area contributed by atoms with Crippen molar-refractivity contribution < 1.29 is 13.9 Å². The Kier molecular flexibility index (Phi) is 4.21. The van der Waals surface area contributed by atoms with Crippen molar-refractivity contribution in [3.05, 3.63) is 46.9 Å². The van der Waals surface area contributed by atoms with E-state index in [1.54, 1.807) is 18.2 Å². The van der Waals surface area contributed by atoms with Gasteiger partial charge in [-0.3, -0.25) is 0 Å². The maximum absolute atomic E-state index is 11.5. The van der Waals surface area contributed by atoms with Crippen molar-refractivity contribution in [3.8, 4) is 0 Å². The Labute approximate surface area is 124 Å². The molecule has 5 heteroatoms. The number of ether oxygens (including phenoxy) is 1. The van der Waals surface area contributed by atoms with Crippen LogP contribution in [0.15, 0.2) is 28.7 Å². The summed E-state index contributed by atoms with van der Waals surface area (Å²) >= 11 is 0. The predicted octanol–water partition coefficient (Wildman–Crippen LogP) is 3.44. The van der Waals surface area contributed by atoms with E-state index in [2.05, 4.69) is 10.1 Å². The Balaban J connectivity index is 2.20. The lowest BCUT2D eigenvalue weighted by molar-refractivity contribution is 0.0601. The van der Waals surface area contributed by atoms with E-state index in [1.807, 2.05) is 26.8 Å². The number of anilines is 2. The third kappa shape index (κ3) is 3.18. The lowest BCUT2D eigenvalue weighted by atomic mass is 10.1. The molecule has 1 heterocycles. The largest absolute Gasteiger partial charge is 0.466 e. The minimum Gasteiger partial charge on any atom is -0.466 e. The average molecular weight is 288 g/mol. The number of rotatable bonds is 4. The van der Waals surface area contributed by atoms with Crippen LogP contribution >= 0.6 is 0 Å². The highest BCUT2D eigenvalue weighted by molar-refractivity contribution is 5.91. The third-order valence-electron chi connectivity index (χ3n) is 3.39. The summed E-state index contributed by atoms with van der Waals surface area (Å²) in [6.45, 7) is 5.89. The van der Waals surface area contributed by atoms with E-state index in [4.69, 9.17) is 10.2 Å². The number of hydrogen-bond donors (Lipinski definition) is 2. The van der Waals surface area contributed by atoms with Crippen LogP contribution in [0.3, 0.4) is 0 Å². The second-order valence-electron chi connectivity index (χ2n) is 5.03. The van der Waals surface area contributed by atoms with Crippen molar-refractivity contribution in [3.63, 3.8) is 0 Å². The van der Waals surface area contributed by atoms with Crippen molar-refractivity contribution in [2.75, 3.05) is 18.2 Å². The Morgan fingerprint density at radius 3 is 2.57 bits per heavy atom. The molecule has 5 nitrogen and oxygen atoms in total. The number of nitrogen functional groups attached to an aromatic ring is 1. The maximum atomic E-state index is 11.5. The first-order chi connectivity index (χ1) is 9.92. The number of furan rings is 1. The molecule has 2 aromatic rings. The van der Waals surface area contributed by atoms with Crippen LogP contribution in [0.1, 0.15) is 40.4 Å². The first-order valence-corrected chi connectivity index (χ1v) is 6.73. The second kappa shape index (κ2) is 5.91. The highest BCUT2D eigenvalue weighted by atomic mass is 16.5. The fourth-order valence-electron chi connectivity index (χ4n) is 2.33. The summed E-state index contributed by atoms with van der Waals surface area (Å²) in [5, 5.41) is 3.33. The van der Waals surface area contributed by atoms with E-state index < -0.39 is 5.97 Å². The zero-order valence-electron chi connectivity index (χ0n) is 12.7. The number of benzene rings is 1. The van der Waals surface area contributed by atoms with Gasteiger partial charge in [-0.05, 0) is 45.0 Å². The quantitative estimate of drug-likeness (QED) is 0.665. The molecular weight excluding hydrogens is 268 g/mol. The molecule has 0 aliphatic carbocycles. The van der Waals surface area contributed by atoms with Crippen LogP contribution in [0.25, 0.3) is 0 Å². The first-order valence-electron chi connectivity index (χ1n) is 6.73. The molecule has 1 aromatic heterocycles. The van der Waals surface area contributed by atoms with Gasteiger partial charge in [-0.15, -0.1) is 0 Å². The molecule has 112 valence electrons. The average Bonchev–Trinajstić information content (AvgIpc) is 2.79. The number of aryl methyl sites for hydroxylation is 2. The van der Waals surface area contributed by atoms with E-state index in [9.17, 15) is 4.79 Å². The summed E-state index contributed by atoms with van der Waals surface area (Å²) in [7, 11) is 1.34. The number of hydrogen-bond acceptors (Lipinski definition) is 5. The molecule has 1 aromatic carbocycles. The van der Waals surface area contributed by atoms with Gasteiger partial charge in [-0.2, -0.15) is 0 Å². The van der Waals surface area contributed by atoms with Gasteiger partial charge in [0.25, 0.3) is 0 Å². The van der Waals surface area contributed by atoms with E-state index in [-0.39, 0.29) is 6.04 Å². The molecule has 21 heavy (non-hydrogen) atoms. The van der Waals surface area contributed by atoms with E-state index in [0.717, 1.165) is 22.8 Å². The van der Waals surface area contributed by atoms with Gasteiger partial charge in [0.15, 0.2) is 0 Å². The molecular formula is C16H20N2O3. The number of methoxy groups -OCH3 is 1. The zero-order valence-corrected chi connectivity index (χ0v) is 12.7. The molecule has 1 atom stereocenters. The van der Waals surface area contributed by atoms with Gasteiger partial charge in [0.05, 0.1) is 30.1 Å². The topological polar surface area (TPSA) is 77.5 Å². The van der Waals surface area contributed by atoms with E-state index in [1.165, 1.54) is 7.11 Å². The van der Waals surface area contributed by atoms with Gasteiger partial charge in [-0.1, -0.05) is 0 Å². The van der Waals surface area contributed by atoms with Crippen LogP contribution in [-0.4, -0.2) is 13.1 Å². The van der Waals surface area contributed by atoms with Gasteiger partial charge in [0.1, 0.15) is 11.5 Å². The number of esters is 1. The van der Waals surface area contributed by atoms with Crippen molar-refractivity contribution in [1.29, 1.82) is 0 Å². The molecule has 0 aliphatic rings. The molecule has 0 amide bonds. The highest BCUT2D eigenvalue weighted by Gasteiger charge is 2.14. The van der Waals surface area contributed by atoms with Gasteiger partial charge < -0.3 is 20.2 Å². The Morgan fingerprint density at radius 1 is 1.33 bits per heavy atom. The monoisotopic (exact) mass is 288 g/mol. The van der Waals surface area contributed by atoms with Crippen molar-refractivity contribution in [2.24, 2.45) is 0 Å². The minimum atomic E-state index is -0.400. The number of carbonyl (C=O) groups is 1. The molecule has 0 saturated carbocycles. The molecule has 0 saturated heterocycles. The smallest absolute Gasteiger partial charge is 0.337 e. The predicted molar refractivity (Wildman–Crippen MR) is 82.4 cm³/mol. The standard InChI is InChI=1S/C16H20N2O3/c1-9-7-13(11(3)21-9)10(2)18-15-6-5-12(8-14(15)17)16(19)20-4/h5-8,10,18H,17H2,1-4H3. The summed E-state index contributed by atoms with van der Waals surface area (Å²) < 4.78 is 10.2. The van der Waals surface area contributed by atoms with Crippen molar-refractivity contribution >= 4 is 17.3 Å². The summed E-state index contributed by atoms with van der Waals surface area (Å²) in [6, 6.07) is 7.12. The summed E-state index contributed by atoms with van der Waals surface area (Å²) in [5.41, 5.74) is 8.78. The van der Waals surface area contributed by atoms with Crippen molar-refractivity contribution in [1.82, 2.24) is 0 Å². The molecule has 0 radical (unpaired) electrons. The number of carbonyl (C=O) groups excluding carboxylic acids is 1. The molecule has 0 bridgehead atoms. The van der Waals surface area contributed by atoms with Gasteiger partial charge in [0, 0.05) is 5.56 Å². The van der Waals surface area contributed by atoms with Crippen LogP contribution < -0.4 is 11.1 Å². The van der Waals surface area contributed by atoms with Crippen LogP contribution in [-0.2, 0) is 4.74 Å². The molecule has 0 aliphatic heterocycles. The Morgan fingerprint density at radius 2 is 2.05 bits per heavy atom. The van der Waals surface area contributed by atoms with Crippen molar-refractivity contribution in [2.45, 2.75) is 26.8 Å². The molecule has 0 fully saturated rings. The van der Waals surface area contributed by atoms with Crippen LogP contribution in [0, 0.1) is 13.8 Å². The second-order valence-corrected chi connectivity index (χ2v) is 5.03. The third-order valence-corrected chi connectivity index (χ3v) is 3.39. The Bertz CT molecular complexity index is 662. The molecule has 3 N–H and O–H groups in total. The SMILES string of the molecule is COC(=O)c1ccc(NC(C)c2cc(C)oc2C)c(N)c1. The normalized spacial score (nSPS) is 12.0. The zero-order chi connectivity index (χ0) is 15.6. The van der Waals surface area contributed by atoms with Crippen LogP contribution in [0.5, 0.6) is 0 Å². The molecule has 0 spiro atoms. The summed E-state index contributed by atoms with van der Waals surface area (Å²) in [4.78, 5) is 11.5. The van der Waals surface area contributed by atoms with Gasteiger partial charge >= 0.3 is 5.97 Å². The van der Waals surface area contributed by atoms with Gasteiger partial charge in [-0.25, -0.2) is 4.79 Å². The number of nitrogens with two attached hydrogens (primary N) is 1. The molecule has 1 unspecified atom stereocenters. The van der Waals surface area contributed by atoms with E-state index >= 15 is 0 Å². The lowest BCUT2D eigenvalue weighted by Crippen LogP contribution is -2.10. The summed E-state index contributed by atoms with van der Waals surface area (Å²) in [6.07, 6.45) is 0. The fourth-order valence-corrected chi connectivity index (χ4v) is 2.33. The Hall–Kier alpha value is -2.43. The fraction of sp³-hybridized carbons (Fsp3) is 0.312. The van der Waals surface area contributed by atoms with E-state index in [0.29, 0.717) is 11.3 Å². The first kappa shape index (κ1) is 15.0. The number of nitrogens with one attached hydrogen (secondary N) is 1. The lowest BCUT2D eigenvalue weighted by Gasteiger charge is -2.16. The van der Waals surface area contributed by atoms with Crippen LogP contribution in [0.4, 0.5) is 11.4 Å².